The number of hydrogen-bond donors (Lipinski definition) is 1. The summed E-state index contributed by atoms with van der Waals surface area (Å²) < 4.78 is 27.7. The van der Waals surface area contributed by atoms with Gasteiger partial charge in [-0.05, 0) is 44.4 Å². The van der Waals surface area contributed by atoms with Gasteiger partial charge in [-0.2, -0.15) is 16.1 Å². The molecule has 0 aliphatic carbocycles. The fraction of sp³-hybridized carbons (Fsp3) is 0.650. The van der Waals surface area contributed by atoms with Crippen LogP contribution < -0.4 is 5.32 Å². The average molecular weight is 553 g/mol. The van der Waals surface area contributed by atoms with E-state index in [0.29, 0.717) is 24.5 Å². The zero-order valence-electron chi connectivity index (χ0n) is 17.6. The van der Waals surface area contributed by atoms with Crippen LogP contribution in [0.1, 0.15) is 38.7 Å². The average Bonchev–Trinajstić information content (AvgIpc) is 2.69. The summed E-state index contributed by atoms with van der Waals surface area (Å²) in [6.45, 7) is 8.23. The highest BCUT2D eigenvalue weighted by Gasteiger charge is 2.29. The Morgan fingerprint density at radius 1 is 1.21 bits per heavy atom. The van der Waals surface area contributed by atoms with E-state index in [9.17, 15) is 8.42 Å². The Labute approximate surface area is 197 Å². The van der Waals surface area contributed by atoms with Gasteiger partial charge in [-0.3, -0.25) is 4.99 Å². The molecule has 1 aromatic rings. The second-order valence-electron chi connectivity index (χ2n) is 8.04. The van der Waals surface area contributed by atoms with Crippen LogP contribution in [-0.2, 0) is 16.6 Å². The maximum Gasteiger partial charge on any atom is 0.243 e. The molecule has 0 saturated carbocycles. The van der Waals surface area contributed by atoms with E-state index in [-0.39, 0.29) is 28.7 Å². The van der Waals surface area contributed by atoms with Gasteiger partial charge in [-0.15, -0.1) is 24.0 Å². The van der Waals surface area contributed by atoms with Crippen LogP contribution in [0.25, 0.3) is 0 Å². The van der Waals surface area contributed by atoms with Crippen LogP contribution in [0.3, 0.4) is 0 Å². The number of guanidine groups is 1. The molecule has 0 radical (unpaired) electrons. The molecule has 0 unspecified atom stereocenters. The maximum absolute atomic E-state index is 12.9. The maximum atomic E-state index is 12.9. The van der Waals surface area contributed by atoms with E-state index in [1.54, 1.807) is 23.5 Å². The molecule has 29 heavy (non-hydrogen) atoms. The fourth-order valence-electron chi connectivity index (χ4n) is 3.78. The second-order valence-corrected chi connectivity index (χ2v) is 11.8. The van der Waals surface area contributed by atoms with Crippen LogP contribution in [0.4, 0.5) is 0 Å². The van der Waals surface area contributed by atoms with E-state index in [0.717, 1.165) is 49.6 Å². The summed E-state index contributed by atoms with van der Waals surface area (Å²) in [4.78, 5) is 7.10. The molecule has 0 aromatic heterocycles. The van der Waals surface area contributed by atoms with Crippen molar-refractivity contribution < 1.29 is 8.42 Å². The summed E-state index contributed by atoms with van der Waals surface area (Å²) >= 11 is 1.99. The minimum absolute atomic E-state index is 0. The fourth-order valence-corrected chi connectivity index (χ4v) is 6.48. The molecule has 2 fully saturated rings. The molecule has 0 bridgehead atoms. The summed E-state index contributed by atoms with van der Waals surface area (Å²) in [5, 5.41) is 3.41. The smallest absolute Gasteiger partial charge is 0.243 e. The predicted molar refractivity (Wildman–Crippen MR) is 133 cm³/mol. The zero-order chi connectivity index (χ0) is 20.2. The molecule has 3 rings (SSSR count). The first kappa shape index (κ1) is 24.7. The Morgan fingerprint density at radius 3 is 2.59 bits per heavy atom. The highest BCUT2D eigenvalue weighted by atomic mass is 127. The molecule has 0 amide bonds. The number of nitrogens with one attached hydrogen (secondary N) is 1. The molecule has 164 valence electrons. The number of thioether (sulfide) groups is 1. The normalized spacial score (nSPS) is 20.8. The zero-order valence-corrected chi connectivity index (χ0v) is 21.5. The Balaban J connectivity index is 0.00000300. The Bertz CT molecular complexity index is 808. The van der Waals surface area contributed by atoms with E-state index >= 15 is 0 Å². The van der Waals surface area contributed by atoms with E-state index in [1.807, 2.05) is 23.9 Å². The van der Waals surface area contributed by atoms with Crippen LogP contribution in [0.2, 0.25) is 0 Å². The van der Waals surface area contributed by atoms with E-state index < -0.39 is 10.0 Å². The van der Waals surface area contributed by atoms with Crippen molar-refractivity contribution in [3.05, 3.63) is 29.8 Å². The summed E-state index contributed by atoms with van der Waals surface area (Å²) in [5.41, 5.74) is 0.949. The van der Waals surface area contributed by atoms with Crippen LogP contribution in [0, 0.1) is 0 Å². The number of halogens is 1. The molecule has 1 aromatic carbocycles. The largest absolute Gasteiger partial charge is 0.352 e. The molecule has 2 aliphatic rings. The third kappa shape index (κ3) is 6.48. The number of hydrogen-bond acceptors (Lipinski definition) is 4. The van der Waals surface area contributed by atoms with Gasteiger partial charge in [0.15, 0.2) is 5.96 Å². The Hall–Kier alpha value is -0.520. The summed E-state index contributed by atoms with van der Waals surface area (Å²) in [7, 11) is -1.60. The Kier molecular flexibility index (Phi) is 9.11. The molecule has 2 aliphatic heterocycles. The van der Waals surface area contributed by atoms with Gasteiger partial charge >= 0.3 is 0 Å². The SMILES string of the molecule is CN=C(NCc1cccc(S(=O)(=O)N2CCCCC2)c1)N1CCSC(C)(C)C1.I. The highest BCUT2D eigenvalue weighted by Crippen LogP contribution is 2.29. The number of benzene rings is 1. The van der Waals surface area contributed by atoms with E-state index in [2.05, 4.69) is 29.1 Å². The monoisotopic (exact) mass is 552 g/mol. The molecule has 0 atom stereocenters. The highest BCUT2D eigenvalue weighted by molar-refractivity contribution is 14.0. The van der Waals surface area contributed by atoms with Crippen LogP contribution in [0.5, 0.6) is 0 Å². The number of nitrogens with zero attached hydrogens (tertiary/aromatic N) is 3. The van der Waals surface area contributed by atoms with Gasteiger partial charge in [-0.25, -0.2) is 8.42 Å². The molecular weight excluding hydrogens is 519 g/mol. The van der Waals surface area contributed by atoms with Crippen LogP contribution in [0.15, 0.2) is 34.2 Å². The standard InChI is InChI=1S/C20H32N4O2S2.HI/c1-20(2)16-23(12-13-27-20)19(21-3)22-15-17-8-7-9-18(14-17)28(25,26)24-10-5-4-6-11-24;/h7-9,14H,4-6,10-13,15-16H2,1-3H3,(H,21,22);1H. The lowest BCUT2D eigenvalue weighted by molar-refractivity contribution is 0.346. The van der Waals surface area contributed by atoms with Crippen LogP contribution >= 0.6 is 35.7 Å². The molecule has 6 nitrogen and oxygen atoms in total. The lowest BCUT2D eigenvalue weighted by atomic mass is 10.2. The Morgan fingerprint density at radius 2 is 1.93 bits per heavy atom. The quantitative estimate of drug-likeness (QED) is 0.353. The number of sulfonamides is 1. The van der Waals surface area contributed by atoms with Crippen molar-refractivity contribution in [2.45, 2.75) is 49.3 Å². The first-order valence-electron chi connectivity index (χ1n) is 10.0. The van der Waals surface area contributed by atoms with Crippen molar-refractivity contribution in [1.29, 1.82) is 0 Å². The lowest BCUT2D eigenvalue weighted by Gasteiger charge is -2.39. The summed E-state index contributed by atoms with van der Waals surface area (Å²) in [6.07, 6.45) is 3.00. The molecule has 1 N–H and O–H groups in total. The number of aliphatic imine (C=N–C) groups is 1. The van der Waals surface area contributed by atoms with Gasteiger partial charge in [0.1, 0.15) is 0 Å². The van der Waals surface area contributed by atoms with Gasteiger partial charge in [-0.1, -0.05) is 18.6 Å². The van der Waals surface area contributed by atoms with Crippen LogP contribution in [-0.4, -0.2) is 67.3 Å². The lowest BCUT2D eigenvalue weighted by Crippen LogP contribution is -2.50. The first-order valence-corrected chi connectivity index (χ1v) is 12.4. The molecule has 2 saturated heterocycles. The van der Waals surface area contributed by atoms with Gasteiger partial charge < -0.3 is 10.2 Å². The van der Waals surface area contributed by atoms with Crippen molar-refractivity contribution >= 4 is 51.7 Å². The van der Waals surface area contributed by atoms with Crippen molar-refractivity contribution in [2.24, 2.45) is 4.99 Å². The van der Waals surface area contributed by atoms with Gasteiger partial charge in [0.2, 0.25) is 10.0 Å². The third-order valence-electron chi connectivity index (χ3n) is 5.24. The van der Waals surface area contributed by atoms with Crippen molar-refractivity contribution in [3.8, 4) is 0 Å². The number of rotatable bonds is 4. The molecule has 2 heterocycles. The van der Waals surface area contributed by atoms with Crippen molar-refractivity contribution in [2.75, 3.05) is 39.0 Å². The second kappa shape index (κ2) is 10.7. The summed E-state index contributed by atoms with van der Waals surface area (Å²) in [5.74, 6) is 1.95. The van der Waals surface area contributed by atoms with E-state index in [4.69, 9.17) is 0 Å². The predicted octanol–water partition coefficient (Wildman–Crippen LogP) is 3.38. The van der Waals surface area contributed by atoms with Gasteiger partial charge in [0, 0.05) is 50.3 Å². The third-order valence-corrected chi connectivity index (χ3v) is 8.43. The molecule has 0 spiro atoms. The van der Waals surface area contributed by atoms with E-state index in [1.165, 1.54) is 0 Å². The minimum atomic E-state index is -3.40. The van der Waals surface area contributed by atoms with Gasteiger partial charge in [0.05, 0.1) is 4.90 Å². The minimum Gasteiger partial charge on any atom is -0.352 e. The van der Waals surface area contributed by atoms with Crippen molar-refractivity contribution in [1.82, 2.24) is 14.5 Å². The number of piperidine rings is 1. The molecular formula is C20H33IN4O2S2. The van der Waals surface area contributed by atoms with Gasteiger partial charge in [0.25, 0.3) is 0 Å². The topological polar surface area (TPSA) is 65.0 Å². The van der Waals surface area contributed by atoms with Crippen molar-refractivity contribution in [3.63, 3.8) is 0 Å². The molecule has 9 heteroatoms. The summed E-state index contributed by atoms with van der Waals surface area (Å²) in [6, 6.07) is 7.29. The first-order chi connectivity index (χ1) is 13.3.